The van der Waals surface area contributed by atoms with Gasteiger partial charge in [-0.25, -0.2) is 8.78 Å². The van der Waals surface area contributed by atoms with Crippen LogP contribution in [0, 0.1) is 11.3 Å². The molecule has 0 unspecified atom stereocenters. The van der Waals surface area contributed by atoms with E-state index in [9.17, 15) is 22.0 Å². The second-order valence-electron chi connectivity index (χ2n) is 3.36. The van der Waals surface area contributed by atoms with Crippen molar-refractivity contribution < 1.29 is 22.0 Å². The molecule has 0 aliphatic heterocycles. The smallest absolute Gasteiger partial charge is 0.326 e. The summed E-state index contributed by atoms with van der Waals surface area (Å²) in [6.45, 7) is -0.589. The number of pyridine rings is 1. The topological polar surface area (TPSA) is 62.7 Å². The van der Waals surface area contributed by atoms with E-state index < -0.39 is 36.0 Å². The molecule has 0 spiro atoms. The molecule has 8 heteroatoms. The van der Waals surface area contributed by atoms with E-state index in [1.165, 1.54) is 0 Å². The Hall–Kier alpha value is -1.75. The second kappa shape index (κ2) is 5.27. The van der Waals surface area contributed by atoms with Crippen molar-refractivity contribution in [3.8, 4) is 6.07 Å². The molecule has 98 valence electrons. The molecule has 0 fully saturated rings. The van der Waals surface area contributed by atoms with Crippen LogP contribution in [-0.2, 0) is 19.1 Å². The minimum Gasteiger partial charge on any atom is -0.326 e. The number of hydrogen-bond acceptors (Lipinski definition) is 3. The zero-order chi connectivity index (χ0) is 13.9. The molecule has 1 aromatic heterocycles. The molecule has 0 aliphatic rings. The molecule has 0 aromatic carbocycles. The van der Waals surface area contributed by atoms with Gasteiger partial charge in [-0.15, -0.1) is 0 Å². The van der Waals surface area contributed by atoms with E-state index in [0.29, 0.717) is 0 Å². The quantitative estimate of drug-likeness (QED) is 0.854. The van der Waals surface area contributed by atoms with E-state index in [-0.39, 0.29) is 12.0 Å². The van der Waals surface area contributed by atoms with Crippen molar-refractivity contribution in [1.29, 1.82) is 5.26 Å². The normalized spacial score (nSPS) is 11.7. The van der Waals surface area contributed by atoms with Gasteiger partial charge in [-0.3, -0.25) is 4.98 Å². The second-order valence-corrected chi connectivity index (χ2v) is 3.36. The molecular weight excluding hydrogens is 257 g/mol. The van der Waals surface area contributed by atoms with E-state index in [0.717, 1.165) is 6.20 Å². The molecular formula is C10H8F5N3. The third-order valence-corrected chi connectivity index (χ3v) is 2.27. The lowest BCUT2D eigenvalue weighted by molar-refractivity contribution is -0.140. The van der Waals surface area contributed by atoms with Crippen LogP contribution in [0.4, 0.5) is 22.0 Å². The maximum absolute atomic E-state index is 12.8. The zero-order valence-corrected chi connectivity index (χ0v) is 8.93. The van der Waals surface area contributed by atoms with Crippen LogP contribution in [0.5, 0.6) is 0 Å². The van der Waals surface area contributed by atoms with Crippen LogP contribution in [0.3, 0.4) is 0 Å². The molecule has 1 heterocycles. The highest BCUT2D eigenvalue weighted by Crippen LogP contribution is 2.38. The Morgan fingerprint density at radius 3 is 2.39 bits per heavy atom. The Kier molecular flexibility index (Phi) is 4.19. The van der Waals surface area contributed by atoms with E-state index in [1.807, 2.05) is 0 Å². The lowest BCUT2D eigenvalue weighted by atomic mass is 9.99. The first-order valence-corrected chi connectivity index (χ1v) is 4.76. The molecule has 1 aromatic rings. The van der Waals surface area contributed by atoms with Gasteiger partial charge < -0.3 is 5.73 Å². The Bertz CT molecular complexity index is 476. The highest BCUT2D eigenvalue weighted by atomic mass is 19.4. The van der Waals surface area contributed by atoms with Gasteiger partial charge in [0.25, 0.3) is 6.43 Å². The number of halogens is 5. The van der Waals surface area contributed by atoms with Crippen molar-refractivity contribution in [2.24, 2.45) is 5.73 Å². The summed E-state index contributed by atoms with van der Waals surface area (Å²) in [6, 6.07) is 1.64. The van der Waals surface area contributed by atoms with Crippen LogP contribution in [0.25, 0.3) is 0 Å². The Morgan fingerprint density at radius 2 is 2.00 bits per heavy atom. The Balaban J connectivity index is 3.57. The summed E-state index contributed by atoms with van der Waals surface area (Å²) < 4.78 is 63.3. The average molecular weight is 265 g/mol. The van der Waals surface area contributed by atoms with Crippen molar-refractivity contribution in [1.82, 2.24) is 4.98 Å². The van der Waals surface area contributed by atoms with Crippen LogP contribution >= 0.6 is 0 Å². The molecule has 2 N–H and O–H groups in total. The fourth-order valence-corrected chi connectivity index (χ4v) is 1.56. The molecule has 1 rings (SSSR count). The number of nitrogens with two attached hydrogens (primary N) is 1. The summed E-state index contributed by atoms with van der Waals surface area (Å²) in [7, 11) is 0. The van der Waals surface area contributed by atoms with Gasteiger partial charge in [-0.2, -0.15) is 18.4 Å². The Morgan fingerprint density at radius 1 is 1.39 bits per heavy atom. The van der Waals surface area contributed by atoms with Crippen molar-refractivity contribution in [3.63, 3.8) is 0 Å². The summed E-state index contributed by atoms with van der Waals surface area (Å²) >= 11 is 0. The molecule has 18 heavy (non-hydrogen) atoms. The predicted octanol–water partition coefficient (Wildman–Crippen LogP) is 2.56. The maximum atomic E-state index is 12.8. The molecule has 0 saturated heterocycles. The molecule has 0 radical (unpaired) electrons. The summed E-state index contributed by atoms with van der Waals surface area (Å²) in [5.41, 5.74) is 1.68. The number of rotatable bonds is 3. The van der Waals surface area contributed by atoms with Crippen LogP contribution < -0.4 is 5.73 Å². The van der Waals surface area contributed by atoms with Gasteiger partial charge in [0.2, 0.25) is 0 Å². The van der Waals surface area contributed by atoms with Gasteiger partial charge >= 0.3 is 6.18 Å². The molecule has 0 bridgehead atoms. The van der Waals surface area contributed by atoms with Crippen LogP contribution in [0.15, 0.2) is 6.20 Å². The van der Waals surface area contributed by atoms with Crippen molar-refractivity contribution in [2.45, 2.75) is 25.6 Å². The number of hydrogen-bond donors (Lipinski definition) is 1. The minimum absolute atomic E-state index is 0.0864. The monoisotopic (exact) mass is 265 g/mol. The first kappa shape index (κ1) is 14.3. The van der Waals surface area contributed by atoms with Gasteiger partial charge in [0.15, 0.2) is 0 Å². The van der Waals surface area contributed by atoms with Gasteiger partial charge in [-0.05, 0) is 11.1 Å². The molecule has 0 aliphatic carbocycles. The standard InChI is InChI=1S/C10H8F5N3/c11-9(12)8-7(10(13,14)15)6(3-17)5(1-2-16)4-18-8/h4,9H,1,3,17H2. The summed E-state index contributed by atoms with van der Waals surface area (Å²) in [6.07, 6.45) is -7.88. The minimum atomic E-state index is -4.99. The van der Waals surface area contributed by atoms with Crippen molar-refractivity contribution in [2.75, 3.05) is 0 Å². The van der Waals surface area contributed by atoms with E-state index in [4.69, 9.17) is 11.0 Å². The van der Waals surface area contributed by atoms with Crippen molar-refractivity contribution >= 4 is 0 Å². The number of nitrogens with zero attached hydrogens (tertiary/aromatic N) is 2. The summed E-state index contributed by atoms with van der Waals surface area (Å²) in [5.74, 6) is 0. The number of aromatic nitrogens is 1. The van der Waals surface area contributed by atoms with Gasteiger partial charge in [0, 0.05) is 12.7 Å². The largest absolute Gasteiger partial charge is 0.418 e. The first-order valence-electron chi connectivity index (χ1n) is 4.76. The Labute approximate surface area is 99.0 Å². The molecule has 0 saturated carbocycles. The summed E-state index contributed by atoms with van der Waals surface area (Å²) in [5, 5.41) is 8.46. The van der Waals surface area contributed by atoms with E-state index >= 15 is 0 Å². The number of alkyl halides is 5. The van der Waals surface area contributed by atoms with Gasteiger partial charge in [-0.1, -0.05) is 0 Å². The van der Waals surface area contributed by atoms with Crippen molar-refractivity contribution in [3.05, 3.63) is 28.6 Å². The molecule has 0 amide bonds. The van der Waals surface area contributed by atoms with Crippen LogP contribution in [0.2, 0.25) is 0 Å². The third-order valence-electron chi connectivity index (χ3n) is 2.27. The highest BCUT2D eigenvalue weighted by molar-refractivity contribution is 5.40. The van der Waals surface area contributed by atoms with Crippen LogP contribution in [0.1, 0.15) is 28.8 Å². The predicted molar refractivity (Wildman–Crippen MR) is 51.4 cm³/mol. The molecule has 3 nitrogen and oxygen atoms in total. The fourth-order valence-electron chi connectivity index (χ4n) is 1.56. The van der Waals surface area contributed by atoms with E-state index in [1.54, 1.807) is 6.07 Å². The fraction of sp³-hybridized carbons (Fsp3) is 0.400. The average Bonchev–Trinajstić information content (AvgIpc) is 2.27. The lowest BCUT2D eigenvalue weighted by Gasteiger charge is -2.17. The molecule has 0 atom stereocenters. The third kappa shape index (κ3) is 2.73. The van der Waals surface area contributed by atoms with Gasteiger partial charge in [0.1, 0.15) is 5.69 Å². The number of nitriles is 1. The van der Waals surface area contributed by atoms with E-state index in [2.05, 4.69) is 4.98 Å². The maximum Gasteiger partial charge on any atom is 0.418 e. The first-order chi connectivity index (χ1) is 8.32. The zero-order valence-electron chi connectivity index (χ0n) is 8.93. The van der Waals surface area contributed by atoms with Gasteiger partial charge in [0.05, 0.1) is 18.1 Å². The highest BCUT2D eigenvalue weighted by Gasteiger charge is 2.39. The SMILES string of the molecule is N#CCc1cnc(C(F)F)c(C(F)(F)F)c1CN. The summed E-state index contributed by atoms with van der Waals surface area (Å²) in [4.78, 5) is 3.10. The lowest BCUT2D eigenvalue weighted by Crippen LogP contribution is -2.19. The van der Waals surface area contributed by atoms with Crippen LogP contribution in [-0.4, -0.2) is 4.98 Å².